The summed E-state index contributed by atoms with van der Waals surface area (Å²) in [6.07, 6.45) is -0.162. The van der Waals surface area contributed by atoms with E-state index in [1.807, 2.05) is 0 Å². The Balaban J connectivity index is 2.48. The van der Waals surface area contributed by atoms with Crippen molar-refractivity contribution in [3.63, 3.8) is 0 Å². The van der Waals surface area contributed by atoms with Gasteiger partial charge in [-0.25, -0.2) is 9.59 Å². The first-order valence-electron chi connectivity index (χ1n) is 5.30. The number of carbonyl (C=O) groups is 3. The molecule has 18 heavy (non-hydrogen) atoms. The first-order valence-corrected chi connectivity index (χ1v) is 5.30. The SMILES string of the molecule is O=Cc1c(C(=O)O)nn2c1CN(C(=O)O)CCC2. The van der Waals surface area contributed by atoms with Crippen LogP contribution in [0.5, 0.6) is 0 Å². The van der Waals surface area contributed by atoms with Gasteiger partial charge in [-0.2, -0.15) is 5.10 Å². The zero-order valence-corrected chi connectivity index (χ0v) is 9.37. The van der Waals surface area contributed by atoms with Gasteiger partial charge < -0.3 is 15.1 Å². The number of nitrogens with zero attached hydrogens (tertiary/aromatic N) is 3. The summed E-state index contributed by atoms with van der Waals surface area (Å²) in [7, 11) is 0. The Bertz CT molecular complexity index is 522. The fraction of sp³-hybridized carbons (Fsp3) is 0.400. The molecular formula is C10H11N3O5. The summed E-state index contributed by atoms with van der Waals surface area (Å²) in [5.74, 6) is -1.29. The molecule has 0 unspecified atom stereocenters. The van der Waals surface area contributed by atoms with Crippen molar-refractivity contribution in [2.75, 3.05) is 6.54 Å². The molecule has 2 N–H and O–H groups in total. The number of aldehydes is 1. The second-order valence-corrected chi connectivity index (χ2v) is 3.91. The van der Waals surface area contributed by atoms with Crippen molar-refractivity contribution in [1.29, 1.82) is 0 Å². The van der Waals surface area contributed by atoms with Gasteiger partial charge in [-0.3, -0.25) is 9.48 Å². The molecule has 1 aromatic rings. The summed E-state index contributed by atoms with van der Waals surface area (Å²) in [6.45, 7) is 0.705. The lowest BCUT2D eigenvalue weighted by Crippen LogP contribution is -2.29. The minimum Gasteiger partial charge on any atom is -0.476 e. The Hall–Kier alpha value is -2.38. The maximum absolute atomic E-state index is 11.0. The molecule has 0 aliphatic carbocycles. The van der Waals surface area contributed by atoms with Crippen LogP contribution in [0.1, 0.15) is 33.0 Å². The van der Waals surface area contributed by atoms with Gasteiger partial charge >= 0.3 is 12.1 Å². The number of aromatic nitrogens is 2. The highest BCUT2D eigenvalue weighted by Crippen LogP contribution is 2.19. The molecule has 0 saturated heterocycles. The van der Waals surface area contributed by atoms with Crippen molar-refractivity contribution in [3.8, 4) is 0 Å². The average molecular weight is 253 g/mol. The first kappa shape index (κ1) is 12.1. The smallest absolute Gasteiger partial charge is 0.407 e. The number of carboxylic acid groups (broad SMARTS) is 2. The second kappa shape index (κ2) is 4.47. The lowest BCUT2D eigenvalue weighted by molar-refractivity contribution is 0.0686. The summed E-state index contributed by atoms with van der Waals surface area (Å²) in [4.78, 5) is 34.0. The Morgan fingerprint density at radius 2 is 2.00 bits per heavy atom. The summed E-state index contributed by atoms with van der Waals surface area (Å²) >= 11 is 0. The Morgan fingerprint density at radius 3 is 2.56 bits per heavy atom. The number of amides is 1. The summed E-state index contributed by atoms with van der Waals surface area (Å²) in [6, 6.07) is 0. The molecule has 1 aliphatic rings. The molecule has 8 heteroatoms. The largest absolute Gasteiger partial charge is 0.476 e. The number of hydrogen-bond acceptors (Lipinski definition) is 4. The van der Waals surface area contributed by atoms with Gasteiger partial charge in [0.05, 0.1) is 17.8 Å². The van der Waals surface area contributed by atoms with Crippen LogP contribution in [-0.2, 0) is 13.1 Å². The molecule has 1 aromatic heterocycles. The summed E-state index contributed by atoms with van der Waals surface area (Å²) < 4.78 is 1.40. The Morgan fingerprint density at radius 1 is 1.28 bits per heavy atom. The highest BCUT2D eigenvalue weighted by molar-refractivity contribution is 5.96. The van der Waals surface area contributed by atoms with Crippen molar-refractivity contribution in [2.24, 2.45) is 0 Å². The maximum Gasteiger partial charge on any atom is 0.407 e. The zero-order valence-electron chi connectivity index (χ0n) is 9.37. The molecule has 0 atom stereocenters. The fourth-order valence-electron chi connectivity index (χ4n) is 1.98. The van der Waals surface area contributed by atoms with Gasteiger partial charge in [0.2, 0.25) is 0 Å². The number of aromatic carboxylic acids is 1. The van der Waals surface area contributed by atoms with Crippen LogP contribution in [-0.4, -0.2) is 49.8 Å². The maximum atomic E-state index is 11.0. The van der Waals surface area contributed by atoms with Crippen LogP contribution in [0, 0.1) is 0 Å². The highest BCUT2D eigenvalue weighted by atomic mass is 16.4. The van der Waals surface area contributed by atoms with Crippen LogP contribution in [0.4, 0.5) is 4.79 Å². The monoisotopic (exact) mass is 253 g/mol. The van der Waals surface area contributed by atoms with Gasteiger partial charge in [-0.05, 0) is 6.42 Å². The minimum absolute atomic E-state index is 0.0241. The van der Waals surface area contributed by atoms with E-state index in [0.29, 0.717) is 31.5 Å². The standard InChI is InChI=1S/C10H11N3O5/c14-5-6-7-4-12(10(17)18)2-1-3-13(7)11-8(6)9(15)16/h5H,1-4H2,(H,15,16)(H,17,18). The summed E-state index contributed by atoms with van der Waals surface area (Å²) in [5.41, 5.74) is -0.0369. The Labute approximate surface area is 101 Å². The predicted molar refractivity (Wildman–Crippen MR) is 57.6 cm³/mol. The highest BCUT2D eigenvalue weighted by Gasteiger charge is 2.27. The van der Waals surface area contributed by atoms with E-state index in [2.05, 4.69) is 5.10 Å². The third kappa shape index (κ3) is 1.92. The molecule has 0 saturated carbocycles. The molecule has 1 amide bonds. The number of hydrogen-bond donors (Lipinski definition) is 2. The molecule has 0 radical (unpaired) electrons. The number of carbonyl (C=O) groups excluding carboxylic acids is 1. The van der Waals surface area contributed by atoms with Crippen molar-refractivity contribution in [2.45, 2.75) is 19.5 Å². The molecule has 0 bridgehead atoms. The molecule has 8 nitrogen and oxygen atoms in total. The van der Waals surface area contributed by atoms with Gasteiger partial charge in [-0.15, -0.1) is 0 Å². The van der Waals surface area contributed by atoms with E-state index >= 15 is 0 Å². The molecular weight excluding hydrogens is 242 g/mol. The number of aryl methyl sites for hydroxylation is 1. The molecule has 0 aromatic carbocycles. The molecule has 2 rings (SSSR count). The lowest BCUT2D eigenvalue weighted by Gasteiger charge is -2.15. The quantitative estimate of drug-likeness (QED) is 0.732. The van der Waals surface area contributed by atoms with E-state index in [0.717, 1.165) is 4.90 Å². The van der Waals surface area contributed by atoms with E-state index in [4.69, 9.17) is 10.2 Å². The van der Waals surface area contributed by atoms with Crippen LogP contribution in [0.25, 0.3) is 0 Å². The van der Waals surface area contributed by atoms with Gasteiger partial charge in [-0.1, -0.05) is 0 Å². The lowest BCUT2D eigenvalue weighted by atomic mass is 10.2. The number of carboxylic acids is 1. The fourth-order valence-corrected chi connectivity index (χ4v) is 1.98. The van der Waals surface area contributed by atoms with Crippen LogP contribution in [0.15, 0.2) is 0 Å². The van der Waals surface area contributed by atoms with Crippen molar-refractivity contribution >= 4 is 18.3 Å². The van der Waals surface area contributed by atoms with Crippen molar-refractivity contribution in [1.82, 2.24) is 14.7 Å². The summed E-state index contributed by atoms with van der Waals surface area (Å²) in [5, 5.41) is 21.7. The van der Waals surface area contributed by atoms with Crippen molar-refractivity contribution < 1.29 is 24.6 Å². The van der Waals surface area contributed by atoms with Gasteiger partial charge in [0.25, 0.3) is 0 Å². The van der Waals surface area contributed by atoms with Crippen LogP contribution in [0.2, 0.25) is 0 Å². The van der Waals surface area contributed by atoms with E-state index in [1.54, 1.807) is 0 Å². The van der Waals surface area contributed by atoms with Gasteiger partial charge in [0.15, 0.2) is 12.0 Å². The molecule has 96 valence electrons. The van der Waals surface area contributed by atoms with E-state index in [9.17, 15) is 14.4 Å². The van der Waals surface area contributed by atoms with Crippen LogP contribution >= 0.6 is 0 Å². The number of fused-ring (bicyclic) bond motifs is 1. The van der Waals surface area contributed by atoms with Crippen LogP contribution < -0.4 is 0 Å². The topological polar surface area (TPSA) is 113 Å². The zero-order chi connectivity index (χ0) is 13.3. The molecule has 1 aliphatic heterocycles. The molecule has 0 spiro atoms. The number of rotatable bonds is 2. The van der Waals surface area contributed by atoms with Gasteiger partial charge in [0, 0.05) is 13.1 Å². The van der Waals surface area contributed by atoms with Crippen LogP contribution in [0.3, 0.4) is 0 Å². The molecule has 2 heterocycles. The van der Waals surface area contributed by atoms with E-state index in [-0.39, 0.29) is 17.8 Å². The van der Waals surface area contributed by atoms with E-state index < -0.39 is 12.1 Å². The average Bonchev–Trinajstić information content (AvgIpc) is 2.52. The Kier molecular flexibility index (Phi) is 3.00. The van der Waals surface area contributed by atoms with Crippen molar-refractivity contribution in [3.05, 3.63) is 17.0 Å². The third-order valence-electron chi connectivity index (χ3n) is 2.83. The predicted octanol–water partition coefficient (Wildman–Crippen LogP) is 0.278. The van der Waals surface area contributed by atoms with Gasteiger partial charge in [0.1, 0.15) is 0 Å². The second-order valence-electron chi connectivity index (χ2n) is 3.91. The molecule has 0 fully saturated rings. The van der Waals surface area contributed by atoms with E-state index in [1.165, 1.54) is 4.68 Å². The normalized spacial score (nSPS) is 14.8. The first-order chi connectivity index (χ1) is 8.54. The third-order valence-corrected chi connectivity index (χ3v) is 2.83. The minimum atomic E-state index is -1.29.